The number of benzene rings is 2. The summed E-state index contributed by atoms with van der Waals surface area (Å²) in [7, 11) is 0. The average Bonchev–Trinajstić information content (AvgIpc) is 3.11. The van der Waals surface area contributed by atoms with Gasteiger partial charge in [-0.25, -0.2) is 0 Å². The van der Waals surface area contributed by atoms with E-state index in [2.05, 4.69) is 0 Å². The van der Waals surface area contributed by atoms with E-state index in [0.29, 0.717) is 5.03 Å². The number of hydrogen-bond donors (Lipinski definition) is 0. The second-order valence-corrected chi connectivity index (χ2v) is 6.94. The smallest absolute Gasteiger partial charge is 0.225 e. The molecule has 0 amide bonds. The average molecular weight is 347 g/mol. The third kappa shape index (κ3) is 4.70. The van der Waals surface area contributed by atoms with Gasteiger partial charge in [-0.2, -0.15) is 0 Å². The normalized spacial score (nSPS) is 21.8. The highest BCUT2D eigenvalue weighted by atomic mass is 35.5. The highest BCUT2D eigenvalue weighted by molar-refractivity contribution is 6.64. The molecule has 2 aromatic carbocycles. The van der Waals surface area contributed by atoms with Gasteiger partial charge in [-0.05, 0) is 28.5 Å². The van der Waals surface area contributed by atoms with E-state index in [1.165, 1.54) is 0 Å². The number of allylic oxidation sites excluding steroid dienone is 1. The van der Waals surface area contributed by atoms with Gasteiger partial charge in [0.05, 0.1) is 0 Å². The fourth-order valence-corrected chi connectivity index (χ4v) is 3.34. The van der Waals surface area contributed by atoms with Crippen LogP contribution in [0.15, 0.2) is 72.8 Å². The van der Waals surface area contributed by atoms with Crippen LogP contribution in [0, 0.1) is 17.3 Å². The first-order chi connectivity index (χ1) is 10.9. The Morgan fingerprint density at radius 2 is 1.35 bits per heavy atom. The second kappa shape index (κ2) is 7.81. The van der Waals surface area contributed by atoms with Crippen LogP contribution in [-0.4, -0.2) is 5.24 Å². The highest BCUT2D eigenvalue weighted by Gasteiger charge is 2.60. The molecule has 2 aromatic rings. The molecule has 0 spiro atoms. The first-order valence-electron chi connectivity index (χ1n) is 7.56. The molecule has 1 aliphatic rings. The van der Waals surface area contributed by atoms with Gasteiger partial charge in [-0.15, -0.1) is 0 Å². The first-order valence-corrected chi connectivity index (χ1v) is 8.32. The maximum atomic E-state index is 11.2. The fraction of sp³-hybridized carbons (Fsp3) is 0.250. The van der Waals surface area contributed by atoms with E-state index in [-0.39, 0.29) is 22.5 Å². The second-order valence-electron chi connectivity index (χ2n) is 6.16. The third-order valence-corrected chi connectivity index (χ3v) is 4.78. The van der Waals surface area contributed by atoms with Crippen molar-refractivity contribution in [2.45, 2.75) is 13.8 Å². The summed E-state index contributed by atoms with van der Waals surface area (Å²) in [6.07, 6.45) is 1.95. The Morgan fingerprint density at radius 3 is 1.74 bits per heavy atom. The molecule has 1 saturated carbocycles. The van der Waals surface area contributed by atoms with Gasteiger partial charge in [-0.1, -0.05) is 98.3 Å². The molecule has 2 atom stereocenters. The Hall–Kier alpha value is -1.57. The monoisotopic (exact) mass is 346 g/mol. The van der Waals surface area contributed by atoms with Crippen molar-refractivity contribution in [2.75, 3.05) is 0 Å². The van der Waals surface area contributed by atoms with Gasteiger partial charge in [0.2, 0.25) is 5.24 Å². The van der Waals surface area contributed by atoms with E-state index in [4.69, 9.17) is 23.2 Å². The van der Waals surface area contributed by atoms with Crippen LogP contribution in [-0.2, 0) is 4.79 Å². The molecule has 120 valence electrons. The minimum atomic E-state index is -0.270. The molecule has 23 heavy (non-hydrogen) atoms. The van der Waals surface area contributed by atoms with Gasteiger partial charge in [0.1, 0.15) is 0 Å². The van der Waals surface area contributed by atoms with Crippen molar-refractivity contribution in [1.82, 2.24) is 0 Å². The highest BCUT2D eigenvalue weighted by Crippen LogP contribution is 2.60. The molecular formula is C20H20Cl2O. The number of halogens is 2. The van der Waals surface area contributed by atoms with Crippen molar-refractivity contribution in [3.63, 3.8) is 0 Å². The lowest BCUT2D eigenvalue weighted by molar-refractivity contribution is -0.113. The van der Waals surface area contributed by atoms with Crippen molar-refractivity contribution in [3.8, 4) is 0 Å². The third-order valence-electron chi connectivity index (χ3n) is 4.20. The fourth-order valence-electron chi connectivity index (χ4n) is 2.66. The molecule has 0 heterocycles. The van der Waals surface area contributed by atoms with Crippen molar-refractivity contribution in [3.05, 3.63) is 78.4 Å². The van der Waals surface area contributed by atoms with Crippen molar-refractivity contribution >= 4 is 33.5 Å². The van der Waals surface area contributed by atoms with Gasteiger partial charge in [-0.3, -0.25) is 4.79 Å². The van der Waals surface area contributed by atoms with E-state index in [1.807, 2.05) is 86.7 Å². The minimum Gasteiger partial charge on any atom is -0.281 e. The molecule has 2 unspecified atom stereocenters. The molecule has 0 saturated heterocycles. The summed E-state index contributed by atoms with van der Waals surface area (Å²) < 4.78 is 0. The molecule has 1 nitrogen and oxygen atoms in total. The maximum Gasteiger partial charge on any atom is 0.225 e. The van der Waals surface area contributed by atoms with Gasteiger partial charge >= 0.3 is 0 Å². The molecule has 3 heteroatoms. The SMILES string of the molecule is CC1(C)C(C=C(Cl)c2ccccc2)C1C(=O)Cl.c1ccccc1. The largest absolute Gasteiger partial charge is 0.281 e. The predicted molar refractivity (Wildman–Crippen MR) is 98.3 cm³/mol. The maximum absolute atomic E-state index is 11.2. The predicted octanol–water partition coefficient (Wildman–Crippen LogP) is 5.99. The Morgan fingerprint density at radius 1 is 0.913 bits per heavy atom. The Labute approximate surface area is 147 Å². The van der Waals surface area contributed by atoms with Crippen LogP contribution in [0.4, 0.5) is 0 Å². The lowest BCUT2D eigenvalue weighted by Crippen LogP contribution is -1.96. The lowest BCUT2D eigenvalue weighted by atomic mass is 10.1. The van der Waals surface area contributed by atoms with Crippen LogP contribution in [0.5, 0.6) is 0 Å². The van der Waals surface area contributed by atoms with E-state index < -0.39 is 0 Å². The lowest BCUT2D eigenvalue weighted by Gasteiger charge is -2.00. The molecule has 0 bridgehead atoms. The van der Waals surface area contributed by atoms with Gasteiger partial charge in [0.25, 0.3) is 0 Å². The Kier molecular flexibility index (Phi) is 6.04. The van der Waals surface area contributed by atoms with Crippen LogP contribution in [0.1, 0.15) is 19.4 Å². The van der Waals surface area contributed by atoms with E-state index in [9.17, 15) is 4.79 Å². The summed E-state index contributed by atoms with van der Waals surface area (Å²) in [5.74, 6) is 0.0295. The van der Waals surface area contributed by atoms with Crippen LogP contribution in [0.2, 0.25) is 0 Å². The number of carbonyl (C=O) groups is 1. The van der Waals surface area contributed by atoms with Gasteiger partial charge in [0, 0.05) is 11.0 Å². The Bertz CT molecular complexity index is 636. The molecule has 3 rings (SSSR count). The van der Waals surface area contributed by atoms with E-state index in [1.54, 1.807) is 0 Å². The van der Waals surface area contributed by atoms with Crippen molar-refractivity contribution in [2.24, 2.45) is 17.3 Å². The number of rotatable bonds is 3. The summed E-state index contributed by atoms with van der Waals surface area (Å²) in [4.78, 5) is 11.2. The zero-order valence-corrected chi connectivity index (χ0v) is 14.8. The summed E-state index contributed by atoms with van der Waals surface area (Å²) in [6.45, 7) is 4.07. The molecular weight excluding hydrogens is 327 g/mol. The van der Waals surface area contributed by atoms with Crippen molar-refractivity contribution < 1.29 is 4.79 Å². The Balaban J connectivity index is 0.000000268. The summed E-state index contributed by atoms with van der Waals surface area (Å²) >= 11 is 11.8. The summed E-state index contributed by atoms with van der Waals surface area (Å²) in [5.41, 5.74) is 0.894. The molecule has 0 N–H and O–H groups in total. The molecule has 0 aliphatic heterocycles. The minimum absolute atomic E-state index is 0.0756. The van der Waals surface area contributed by atoms with E-state index >= 15 is 0 Å². The molecule has 0 radical (unpaired) electrons. The quantitative estimate of drug-likeness (QED) is 0.623. The van der Waals surface area contributed by atoms with Crippen molar-refractivity contribution in [1.29, 1.82) is 0 Å². The number of hydrogen-bond acceptors (Lipinski definition) is 1. The van der Waals surface area contributed by atoms with Crippen LogP contribution < -0.4 is 0 Å². The molecule has 1 aliphatic carbocycles. The van der Waals surface area contributed by atoms with Crippen LogP contribution in [0.25, 0.3) is 5.03 Å². The molecule has 1 fully saturated rings. The topological polar surface area (TPSA) is 17.1 Å². The molecule has 0 aromatic heterocycles. The number of carbonyl (C=O) groups excluding carboxylic acids is 1. The van der Waals surface area contributed by atoms with Gasteiger partial charge < -0.3 is 0 Å². The zero-order chi connectivity index (χ0) is 16.9. The zero-order valence-electron chi connectivity index (χ0n) is 13.2. The van der Waals surface area contributed by atoms with Crippen LogP contribution >= 0.6 is 23.2 Å². The van der Waals surface area contributed by atoms with Crippen LogP contribution in [0.3, 0.4) is 0 Å². The summed E-state index contributed by atoms with van der Waals surface area (Å²) in [5, 5.41) is 0.415. The standard InChI is InChI=1S/C14H14Cl2O.C6H6/c1-14(2)10(12(14)13(16)17)8-11(15)9-6-4-3-5-7-9;1-2-4-6-5-3-1/h3-8,10,12H,1-2H3;1-6H. The first kappa shape index (κ1) is 17.8. The van der Waals surface area contributed by atoms with E-state index in [0.717, 1.165) is 5.56 Å². The van der Waals surface area contributed by atoms with Gasteiger partial charge in [0.15, 0.2) is 0 Å². The summed E-state index contributed by atoms with van der Waals surface area (Å²) in [6, 6.07) is 21.7.